The Hall–Kier alpha value is -2.23. The van der Waals surface area contributed by atoms with Gasteiger partial charge in [0, 0.05) is 48.8 Å². The van der Waals surface area contributed by atoms with Gasteiger partial charge in [-0.25, -0.2) is 0 Å². The van der Waals surface area contributed by atoms with Crippen molar-refractivity contribution < 1.29 is 9.21 Å². The number of carbonyl (C=O) groups excluding carboxylic acids is 1. The third kappa shape index (κ3) is 1.53. The molecule has 1 aromatic carbocycles. The Labute approximate surface area is 122 Å². The van der Waals surface area contributed by atoms with Crippen molar-refractivity contribution in [2.24, 2.45) is 11.8 Å². The lowest BCUT2D eigenvalue weighted by molar-refractivity contribution is 0.0791. The highest BCUT2D eigenvalue weighted by molar-refractivity contribution is 5.97. The zero-order valence-corrected chi connectivity index (χ0v) is 11.7. The molecule has 0 saturated carbocycles. The molecule has 4 nitrogen and oxygen atoms in total. The summed E-state index contributed by atoms with van der Waals surface area (Å²) < 4.78 is 5.74. The highest BCUT2D eigenvalue weighted by Crippen LogP contribution is 2.44. The number of hydrogen-bond donors (Lipinski definition) is 0. The summed E-state index contributed by atoms with van der Waals surface area (Å²) in [6, 6.07) is 9.63. The Morgan fingerprint density at radius 2 is 2.14 bits per heavy atom. The third-order valence-corrected chi connectivity index (χ3v) is 5.07. The van der Waals surface area contributed by atoms with Gasteiger partial charge in [0.05, 0.1) is 0 Å². The van der Waals surface area contributed by atoms with E-state index in [2.05, 4.69) is 11.1 Å². The molecule has 4 aliphatic heterocycles. The van der Waals surface area contributed by atoms with Gasteiger partial charge in [-0.3, -0.25) is 4.79 Å². The van der Waals surface area contributed by atoms with Crippen LogP contribution in [0.5, 0.6) is 0 Å². The van der Waals surface area contributed by atoms with Crippen molar-refractivity contribution >= 4 is 16.9 Å². The van der Waals surface area contributed by atoms with E-state index in [1.165, 1.54) is 12.1 Å². The second-order valence-electron chi connectivity index (χ2n) is 6.27. The van der Waals surface area contributed by atoms with E-state index in [9.17, 15) is 4.79 Å². The average molecular weight is 280 g/mol. The fourth-order valence-corrected chi connectivity index (χ4v) is 4.06. The number of nitrogens with zero attached hydrogens (tertiary/aromatic N) is 2. The maximum Gasteiger partial charge on any atom is 0.293 e. The smallest absolute Gasteiger partial charge is 0.293 e. The molecule has 2 fully saturated rings. The van der Waals surface area contributed by atoms with Crippen LogP contribution in [0.1, 0.15) is 17.0 Å². The number of rotatable bonds is 1. The molecule has 4 bridgehead atoms. The Bertz CT molecular complexity index is 743. The number of hydrogen-bond acceptors (Lipinski definition) is 3. The molecule has 106 valence electrons. The van der Waals surface area contributed by atoms with E-state index in [-0.39, 0.29) is 5.91 Å². The predicted molar refractivity (Wildman–Crippen MR) is 78.5 cm³/mol. The van der Waals surface area contributed by atoms with Crippen molar-refractivity contribution in [3.05, 3.63) is 48.0 Å². The van der Waals surface area contributed by atoms with E-state index >= 15 is 0 Å². The number of amides is 1. The lowest BCUT2D eigenvalue weighted by Gasteiger charge is -2.39. The molecule has 1 aromatic heterocycles. The van der Waals surface area contributed by atoms with E-state index in [0.717, 1.165) is 30.6 Å². The van der Waals surface area contributed by atoms with Crippen molar-refractivity contribution in [3.63, 3.8) is 0 Å². The van der Waals surface area contributed by atoms with Crippen molar-refractivity contribution in [1.82, 2.24) is 9.80 Å². The standard InChI is InChI=1S/C17H16N2O2/c20-17(16-7-11-3-1-2-4-15(11)21-16)19-9-12-8-18-6-5-13(12)14(19)10-18/h1-4,7,10,12-13H,5-6,8-9H2/t12-,13-/m1/s1. The fraction of sp³-hybridized carbons (Fsp3) is 0.353. The van der Waals surface area contributed by atoms with Gasteiger partial charge >= 0.3 is 0 Å². The number of fused-ring (bicyclic) bond motifs is 2. The molecule has 0 spiro atoms. The van der Waals surface area contributed by atoms with Crippen molar-refractivity contribution in [2.75, 3.05) is 19.6 Å². The summed E-state index contributed by atoms with van der Waals surface area (Å²) in [6.45, 7) is 3.07. The van der Waals surface area contributed by atoms with Crippen LogP contribution in [-0.4, -0.2) is 35.3 Å². The molecule has 2 atom stereocenters. The lowest BCUT2D eigenvalue weighted by Crippen LogP contribution is -2.40. The first kappa shape index (κ1) is 11.4. The SMILES string of the molecule is O=C(c1cc2ccccc2o1)N1C[C@H]2CN3C=C1[C@@H]2CC3. The van der Waals surface area contributed by atoms with E-state index in [4.69, 9.17) is 4.42 Å². The number of allylic oxidation sites excluding steroid dienone is 1. The number of furan rings is 1. The number of para-hydroxylation sites is 1. The van der Waals surface area contributed by atoms with E-state index in [1.54, 1.807) is 0 Å². The molecule has 21 heavy (non-hydrogen) atoms. The lowest BCUT2D eigenvalue weighted by atomic mass is 9.84. The first-order chi connectivity index (χ1) is 10.3. The molecule has 0 radical (unpaired) electrons. The van der Waals surface area contributed by atoms with Crippen molar-refractivity contribution in [3.8, 4) is 0 Å². The Kier molecular flexibility index (Phi) is 2.13. The normalized spacial score (nSPS) is 26.6. The van der Waals surface area contributed by atoms with Crippen LogP contribution < -0.4 is 0 Å². The highest BCUT2D eigenvalue weighted by Gasteiger charge is 2.46. The van der Waals surface area contributed by atoms with Gasteiger partial charge in [-0.1, -0.05) is 18.2 Å². The summed E-state index contributed by atoms with van der Waals surface area (Å²) in [6.07, 6.45) is 3.36. The molecule has 4 heteroatoms. The Morgan fingerprint density at radius 3 is 2.95 bits per heavy atom. The number of likely N-dealkylation sites (tertiary alicyclic amines) is 1. The molecule has 0 N–H and O–H groups in total. The summed E-state index contributed by atoms with van der Waals surface area (Å²) >= 11 is 0. The highest BCUT2D eigenvalue weighted by atomic mass is 16.3. The van der Waals surface area contributed by atoms with Crippen LogP contribution in [0.3, 0.4) is 0 Å². The van der Waals surface area contributed by atoms with Crippen LogP contribution in [0.2, 0.25) is 0 Å². The third-order valence-electron chi connectivity index (χ3n) is 5.07. The summed E-state index contributed by atoms with van der Waals surface area (Å²) in [5, 5.41) is 0.988. The molecule has 6 rings (SSSR count). The molecule has 2 aromatic rings. The monoisotopic (exact) mass is 280 g/mol. The van der Waals surface area contributed by atoms with Crippen LogP contribution >= 0.6 is 0 Å². The number of benzene rings is 1. The molecule has 0 unspecified atom stereocenters. The number of carbonyl (C=O) groups is 1. The summed E-state index contributed by atoms with van der Waals surface area (Å²) in [5.74, 6) is 1.64. The maximum atomic E-state index is 12.8. The predicted octanol–water partition coefficient (Wildman–Crippen LogP) is 2.68. The Morgan fingerprint density at radius 1 is 1.24 bits per heavy atom. The average Bonchev–Trinajstić information content (AvgIpc) is 3.06. The van der Waals surface area contributed by atoms with Crippen LogP contribution in [-0.2, 0) is 0 Å². The number of piperidine rings is 1. The molecule has 1 amide bonds. The van der Waals surface area contributed by atoms with Gasteiger partial charge in [0.2, 0.25) is 0 Å². The van der Waals surface area contributed by atoms with Gasteiger partial charge in [0.15, 0.2) is 5.76 Å². The van der Waals surface area contributed by atoms with Gasteiger partial charge in [0.25, 0.3) is 5.91 Å². The quantitative estimate of drug-likeness (QED) is 0.806. The van der Waals surface area contributed by atoms with Crippen molar-refractivity contribution in [1.29, 1.82) is 0 Å². The van der Waals surface area contributed by atoms with Crippen LogP contribution in [0.15, 0.2) is 46.6 Å². The van der Waals surface area contributed by atoms with Gasteiger partial charge < -0.3 is 14.2 Å². The summed E-state index contributed by atoms with van der Waals surface area (Å²) in [4.78, 5) is 17.1. The van der Waals surface area contributed by atoms with Crippen LogP contribution in [0, 0.1) is 11.8 Å². The first-order valence-electron chi connectivity index (χ1n) is 7.56. The molecule has 0 aliphatic carbocycles. The van der Waals surface area contributed by atoms with E-state index < -0.39 is 0 Å². The van der Waals surface area contributed by atoms with Crippen LogP contribution in [0.4, 0.5) is 0 Å². The Balaban J connectivity index is 1.53. The fourth-order valence-electron chi connectivity index (χ4n) is 4.06. The molecule has 5 heterocycles. The van der Waals surface area contributed by atoms with E-state index in [1.807, 2.05) is 35.2 Å². The minimum atomic E-state index is 0.00806. The summed E-state index contributed by atoms with van der Waals surface area (Å²) in [5.41, 5.74) is 1.98. The zero-order chi connectivity index (χ0) is 14.0. The molecular weight excluding hydrogens is 264 g/mol. The summed E-state index contributed by atoms with van der Waals surface area (Å²) in [7, 11) is 0. The maximum absolute atomic E-state index is 12.8. The van der Waals surface area contributed by atoms with Crippen LogP contribution in [0.25, 0.3) is 11.0 Å². The zero-order valence-electron chi connectivity index (χ0n) is 11.7. The molecular formula is C17H16N2O2. The van der Waals surface area contributed by atoms with Gasteiger partial charge in [-0.05, 0) is 18.6 Å². The van der Waals surface area contributed by atoms with Gasteiger partial charge in [-0.15, -0.1) is 0 Å². The largest absolute Gasteiger partial charge is 0.451 e. The van der Waals surface area contributed by atoms with Crippen molar-refractivity contribution in [2.45, 2.75) is 6.42 Å². The molecule has 4 aliphatic rings. The minimum Gasteiger partial charge on any atom is -0.451 e. The second-order valence-corrected chi connectivity index (χ2v) is 6.27. The van der Waals surface area contributed by atoms with Gasteiger partial charge in [-0.2, -0.15) is 0 Å². The second kappa shape index (κ2) is 3.91. The topological polar surface area (TPSA) is 36.7 Å². The van der Waals surface area contributed by atoms with Gasteiger partial charge in [0.1, 0.15) is 5.58 Å². The molecule has 2 saturated heterocycles. The first-order valence-corrected chi connectivity index (χ1v) is 7.56. The van der Waals surface area contributed by atoms with E-state index in [0.29, 0.717) is 17.6 Å². The minimum absolute atomic E-state index is 0.00806.